The minimum absolute atomic E-state index is 0. The molecule has 1 aromatic carbocycles. The highest BCUT2D eigenvalue weighted by atomic mass is 35.5. The maximum atomic E-state index is 8.77. The Labute approximate surface area is 90.1 Å². The van der Waals surface area contributed by atoms with E-state index in [2.05, 4.69) is 11.4 Å². The van der Waals surface area contributed by atoms with Gasteiger partial charge in [0.2, 0.25) is 6.34 Å². The van der Waals surface area contributed by atoms with Crippen LogP contribution in [0.5, 0.6) is 0 Å². The van der Waals surface area contributed by atoms with Crippen LogP contribution in [0.2, 0.25) is 0 Å². The van der Waals surface area contributed by atoms with Crippen molar-refractivity contribution in [3.8, 4) is 6.07 Å². The maximum absolute atomic E-state index is 8.77. The van der Waals surface area contributed by atoms with E-state index in [9.17, 15) is 0 Å². The van der Waals surface area contributed by atoms with E-state index in [1.54, 1.807) is 12.4 Å². The molecule has 74 valence electrons. The average molecular weight is 211 g/mol. The number of halogens is 1. The van der Waals surface area contributed by atoms with Crippen molar-refractivity contribution in [2.45, 2.75) is 0 Å². The maximum Gasteiger partial charge on any atom is 0.236 e. The lowest BCUT2D eigenvalue weighted by Crippen LogP contribution is -2.07. The molecule has 0 aliphatic rings. The molecule has 0 amide bonds. The molecule has 0 bridgehead atoms. The van der Waals surface area contributed by atoms with Crippen LogP contribution in [0.3, 0.4) is 0 Å². The standard InChI is InChI=1S/C10H11N3.ClH/c1-13(2)8-12-10-6-4-3-5-9(10)7-11;/h3-6,8H,1-2H3;1H/p+1. The summed E-state index contributed by atoms with van der Waals surface area (Å²) in [6.07, 6.45) is 1.80. The van der Waals surface area contributed by atoms with Gasteiger partial charge in [0, 0.05) is 0 Å². The Bertz CT molecular complexity index is 362. The van der Waals surface area contributed by atoms with E-state index in [0.29, 0.717) is 5.56 Å². The Morgan fingerprint density at radius 1 is 1.36 bits per heavy atom. The van der Waals surface area contributed by atoms with Crippen LogP contribution in [-0.2, 0) is 0 Å². The van der Waals surface area contributed by atoms with Crippen LogP contribution in [0, 0.1) is 11.3 Å². The third kappa shape index (κ3) is 3.46. The molecule has 0 saturated heterocycles. The fraction of sp³-hybridized carbons (Fsp3) is 0.200. The number of nitrogens with zero attached hydrogens (tertiary/aromatic N) is 2. The molecule has 0 heterocycles. The molecule has 1 N–H and O–H groups in total. The molecule has 0 aliphatic heterocycles. The molecule has 0 aromatic heterocycles. The predicted octanol–water partition coefficient (Wildman–Crippen LogP) is 1.69. The number of nitriles is 1. The van der Waals surface area contributed by atoms with Gasteiger partial charge in [-0.2, -0.15) is 5.26 Å². The summed E-state index contributed by atoms with van der Waals surface area (Å²) in [5.41, 5.74) is 1.49. The Hall–Kier alpha value is -1.53. The quantitative estimate of drug-likeness (QED) is 0.459. The summed E-state index contributed by atoms with van der Waals surface area (Å²) >= 11 is 0. The molecule has 0 radical (unpaired) electrons. The van der Waals surface area contributed by atoms with Gasteiger partial charge < -0.3 is 0 Å². The molecule has 4 heteroatoms. The van der Waals surface area contributed by atoms with Crippen molar-refractivity contribution in [1.82, 2.24) is 0 Å². The first-order valence-corrected chi connectivity index (χ1v) is 3.99. The molecule has 3 nitrogen and oxygen atoms in total. The minimum atomic E-state index is 0. The minimum Gasteiger partial charge on any atom is -0.273 e. The molecule has 0 spiro atoms. The number of para-hydroxylation sites is 1. The Balaban J connectivity index is 0.00000169. The number of nitrogens with one attached hydrogen (secondary N) is 1. The second kappa shape index (κ2) is 6.01. The normalized spacial score (nSPS) is 8.07. The van der Waals surface area contributed by atoms with E-state index in [1.807, 2.05) is 36.9 Å². The highest BCUT2D eigenvalue weighted by molar-refractivity contribution is 5.85. The molecule has 0 saturated carbocycles. The monoisotopic (exact) mass is 210 g/mol. The highest BCUT2D eigenvalue weighted by Gasteiger charge is 2.01. The van der Waals surface area contributed by atoms with Crippen molar-refractivity contribution in [2.24, 2.45) is 0 Å². The highest BCUT2D eigenvalue weighted by Crippen LogP contribution is 2.11. The molecule has 0 unspecified atom stereocenters. The van der Waals surface area contributed by atoms with Gasteiger partial charge in [-0.1, -0.05) is 12.1 Å². The van der Waals surface area contributed by atoms with Gasteiger partial charge in [0.15, 0.2) is 0 Å². The van der Waals surface area contributed by atoms with Crippen LogP contribution in [0.1, 0.15) is 5.56 Å². The topological polar surface area (TPSA) is 38.8 Å². The van der Waals surface area contributed by atoms with Gasteiger partial charge in [-0.3, -0.25) is 4.58 Å². The first-order valence-electron chi connectivity index (χ1n) is 3.99. The molecular weight excluding hydrogens is 198 g/mol. The summed E-state index contributed by atoms with van der Waals surface area (Å²) in [5, 5.41) is 11.8. The first-order chi connectivity index (χ1) is 6.24. The zero-order chi connectivity index (χ0) is 9.68. The lowest BCUT2D eigenvalue weighted by molar-refractivity contribution is -0.459. The number of hydrogen-bond acceptors (Lipinski definition) is 1. The third-order valence-corrected chi connectivity index (χ3v) is 1.53. The van der Waals surface area contributed by atoms with E-state index in [1.165, 1.54) is 0 Å². The lowest BCUT2D eigenvalue weighted by Gasteiger charge is -1.96. The summed E-state index contributed by atoms with van der Waals surface area (Å²) in [4.78, 5) is 0. The predicted molar refractivity (Wildman–Crippen MR) is 60.2 cm³/mol. The number of rotatable bonds is 2. The van der Waals surface area contributed by atoms with Crippen molar-refractivity contribution in [1.29, 1.82) is 5.26 Å². The number of benzene rings is 1. The Morgan fingerprint density at radius 3 is 2.57 bits per heavy atom. The molecule has 0 aliphatic carbocycles. The SMILES string of the molecule is C[N+](C)=CNc1ccccc1C#N.Cl. The molecule has 0 fully saturated rings. The van der Waals surface area contributed by atoms with Crippen LogP contribution in [0.15, 0.2) is 24.3 Å². The molecule has 0 atom stereocenters. The lowest BCUT2D eigenvalue weighted by atomic mass is 10.2. The summed E-state index contributed by atoms with van der Waals surface area (Å²) < 4.78 is 1.88. The summed E-state index contributed by atoms with van der Waals surface area (Å²) in [6, 6.07) is 9.52. The van der Waals surface area contributed by atoms with Gasteiger partial charge in [0.25, 0.3) is 0 Å². The molecular formula is C10H13ClN3+. The van der Waals surface area contributed by atoms with Crippen molar-refractivity contribution in [3.63, 3.8) is 0 Å². The Morgan fingerprint density at radius 2 is 2.00 bits per heavy atom. The van der Waals surface area contributed by atoms with Gasteiger partial charge in [0.1, 0.15) is 11.8 Å². The largest absolute Gasteiger partial charge is 0.273 e. The van der Waals surface area contributed by atoms with Crippen LogP contribution in [0.25, 0.3) is 0 Å². The van der Waals surface area contributed by atoms with Gasteiger partial charge in [0.05, 0.1) is 19.7 Å². The van der Waals surface area contributed by atoms with Gasteiger partial charge in [-0.25, -0.2) is 5.32 Å². The summed E-state index contributed by atoms with van der Waals surface area (Å²) in [7, 11) is 3.84. The fourth-order valence-corrected chi connectivity index (χ4v) is 0.905. The van der Waals surface area contributed by atoms with Crippen LogP contribution in [-0.4, -0.2) is 25.0 Å². The number of anilines is 1. The summed E-state index contributed by atoms with van der Waals surface area (Å²) in [6.45, 7) is 0. The van der Waals surface area contributed by atoms with Gasteiger partial charge in [-0.05, 0) is 12.1 Å². The van der Waals surface area contributed by atoms with Crippen LogP contribution < -0.4 is 5.32 Å². The second-order valence-corrected chi connectivity index (χ2v) is 2.89. The van der Waals surface area contributed by atoms with E-state index in [-0.39, 0.29) is 12.4 Å². The van der Waals surface area contributed by atoms with E-state index >= 15 is 0 Å². The smallest absolute Gasteiger partial charge is 0.236 e. The zero-order valence-electron chi connectivity index (χ0n) is 8.19. The molecule has 1 aromatic rings. The van der Waals surface area contributed by atoms with Crippen molar-refractivity contribution in [2.75, 3.05) is 19.4 Å². The molecule has 1 rings (SSSR count). The average Bonchev–Trinajstić information content (AvgIpc) is 2.15. The summed E-state index contributed by atoms with van der Waals surface area (Å²) in [5.74, 6) is 0. The molecule has 14 heavy (non-hydrogen) atoms. The fourth-order valence-electron chi connectivity index (χ4n) is 0.905. The van der Waals surface area contributed by atoms with Gasteiger partial charge in [-0.15, -0.1) is 12.4 Å². The zero-order valence-corrected chi connectivity index (χ0v) is 9.01. The first kappa shape index (κ1) is 12.5. The van der Waals surface area contributed by atoms with Gasteiger partial charge >= 0.3 is 0 Å². The van der Waals surface area contributed by atoms with Crippen molar-refractivity contribution < 1.29 is 4.58 Å². The third-order valence-electron chi connectivity index (χ3n) is 1.53. The van der Waals surface area contributed by atoms with E-state index in [0.717, 1.165) is 5.69 Å². The second-order valence-electron chi connectivity index (χ2n) is 2.89. The van der Waals surface area contributed by atoms with E-state index < -0.39 is 0 Å². The van der Waals surface area contributed by atoms with Crippen molar-refractivity contribution in [3.05, 3.63) is 29.8 Å². The van der Waals surface area contributed by atoms with Crippen LogP contribution >= 0.6 is 12.4 Å². The van der Waals surface area contributed by atoms with Crippen molar-refractivity contribution >= 4 is 24.4 Å². The Kier molecular flexibility index (Phi) is 5.35. The number of hydrogen-bond donors (Lipinski definition) is 1. The van der Waals surface area contributed by atoms with E-state index in [4.69, 9.17) is 5.26 Å². The van der Waals surface area contributed by atoms with Crippen LogP contribution in [0.4, 0.5) is 5.69 Å².